The summed E-state index contributed by atoms with van der Waals surface area (Å²) >= 11 is 0. The molecule has 4 heteroatoms. The highest BCUT2D eigenvalue weighted by atomic mass is 16.5. The minimum Gasteiger partial charge on any atom is -0.485 e. The van der Waals surface area contributed by atoms with E-state index in [2.05, 4.69) is 4.98 Å². The topological polar surface area (TPSA) is 51.3 Å². The smallest absolute Gasteiger partial charge is 0.223 e. The molecule has 4 nitrogen and oxygen atoms in total. The molecule has 0 amide bonds. The molecule has 0 aliphatic heterocycles. The van der Waals surface area contributed by atoms with Crippen molar-refractivity contribution in [3.05, 3.63) is 28.2 Å². The van der Waals surface area contributed by atoms with Gasteiger partial charge in [-0.2, -0.15) is 0 Å². The molecule has 1 fully saturated rings. The van der Waals surface area contributed by atoms with Gasteiger partial charge in [0.25, 0.3) is 0 Å². The van der Waals surface area contributed by atoms with E-state index in [9.17, 15) is 4.79 Å². The molecule has 1 aromatic rings. The average Bonchev–Trinajstić information content (AvgIpc) is 2.87. The van der Waals surface area contributed by atoms with E-state index in [0.29, 0.717) is 18.3 Å². The maximum Gasteiger partial charge on any atom is 0.223 e. The molecule has 0 aromatic carbocycles. The van der Waals surface area contributed by atoms with Gasteiger partial charge in [0.2, 0.25) is 5.43 Å². The van der Waals surface area contributed by atoms with Crippen molar-refractivity contribution in [2.75, 3.05) is 13.7 Å². The van der Waals surface area contributed by atoms with E-state index < -0.39 is 0 Å². The molecule has 0 spiro atoms. The van der Waals surface area contributed by atoms with Gasteiger partial charge in [0.05, 0.1) is 11.8 Å². The minimum absolute atomic E-state index is 0.0764. The molecule has 1 atom stereocenters. The number of hydrogen-bond donors (Lipinski definition) is 1. The Morgan fingerprint density at radius 1 is 1.44 bits per heavy atom. The van der Waals surface area contributed by atoms with Crippen LogP contribution in [0.5, 0.6) is 5.75 Å². The standard InChI is InChI=1S/C14H21NO3/c1-10-14(12(16)7-8-15-10)18-9-13(17-2)11-5-3-4-6-11/h7-8,11,13H,3-6,9H2,1-2H3,(H,15,16). The fourth-order valence-corrected chi connectivity index (χ4v) is 2.64. The van der Waals surface area contributed by atoms with Gasteiger partial charge in [0.15, 0.2) is 5.75 Å². The van der Waals surface area contributed by atoms with E-state index in [-0.39, 0.29) is 11.5 Å². The van der Waals surface area contributed by atoms with Crippen molar-refractivity contribution in [1.82, 2.24) is 4.98 Å². The number of H-pyrrole nitrogens is 1. The molecule has 1 aliphatic carbocycles. The van der Waals surface area contributed by atoms with Gasteiger partial charge in [-0.3, -0.25) is 4.79 Å². The van der Waals surface area contributed by atoms with Crippen LogP contribution in [0.1, 0.15) is 31.4 Å². The second-order valence-corrected chi connectivity index (χ2v) is 4.93. The highest BCUT2D eigenvalue weighted by molar-refractivity contribution is 5.25. The Hall–Kier alpha value is -1.29. The van der Waals surface area contributed by atoms with E-state index >= 15 is 0 Å². The van der Waals surface area contributed by atoms with Crippen molar-refractivity contribution in [3.63, 3.8) is 0 Å². The molecular formula is C14H21NO3. The molecule has 0 radical (unpaired) electrons. The van der Waals surface area contributed by atoms with E-state index in [4.69, 9.17) is 9.47 Å². The first-order valence-electron chi connectivity index (χ1n) is 6.56. The van der Waals surface area contributed by atoms with E-state index in [0.717, 1.165) is 5.69 Å². The first-order chi connectivity index (χ1) is 8.72. The van der Waals surface area contributed by atoms with Crippen molar-refractivity contribution < 1.29 is 9.47 Å². The van der Waals surface area contributed by atoms with Crippen molar-refractivity contribution in [2.45, 2.75) is 38.7 Å². The maximum atomic E-state index is 11.7. The number of hydrogen-bond acceptors (Lipinski definition) is 3. The normalized spacial score (nSPS) is 17.9. The molecule has 0 bridgehead atoms. The van der Waals surface area contributed by atoms with Crippen LogP contribution in [0, 0.1) is 12.8 Å². The van der Waals surface area contributed by atoms with Crippen LogP contribution in [0.2, 0.25) is 0 Å². The SMILES string of the molecule is COC(COc1c(C)[nH]ccc1=O)C1CCCC1. The van der Waals surface area contributed by atoms with Crippen LogP contribution < -0.4 is 10.2 Å². The number of pyridine rings is 1. The van der Waals surface area contributed by atoms with Crippen molar-refractivity contribution >= 4 is 0 Å². The summed E-state index contributed by atoms with van der Waals surface area (Å²) in [6.07, 6.45) is 6.67. The summed E-state index contributed by atoms with van der Waals surface area (Å²) in [5.41, 5.74) is 0.691. The van der Waals surface area contributed by atoms with Crippen LogP contribution in [-0.2, 0) is 4.74 Å². The first kappa shape index (κ1) is 13.1. The second-order valence-electron chi connectivity index (χ2n) is 4.93. The Kier molecular flexibility index (Phi) is 4.42. The predicted octanol–water partition coefficient (Wildman–Crippen LogP) is 2.27. The van der Waals surface area contributed by atoms with Gasteiger partial charge in [-0.25, -0.2) is 0 Å². The van der Waals surface area contributed by atoms with Crippen molar-refractivity contribution in [3.8, 4) is 5.75 Å². The number of rotatable bonds is 5. The molecule has 1 heterocycles. The quantitative estimate of drug-likeness (QED) is 0.873. The van der Waals surface area contributed by atoms with E-state index in [1.165, 1.54) is 31.7 Å². The van der Waals surface area contributed by atoms with E-state index in [1.54, 1.807) is 13.3 Å². The molecule has 1 saturated carbocycles. The number of methoxy groups -OCH3 is 1. The fourth-order valence-electron chi connectivity index (χ4n) is 2.64. The van der Waals surface area contributed by atoms with E-state index in [1.807, 2.05) is 6.92 Å². The lowest BCUT2D eigenvalue weighted by molar-refractivity contribution is 0.0167. The molecule has 100 valence electrons. The molecule has 18 heavy (non-hydrogen) atoms. The Labute approximate surface area is 107 Å². The Balaban J connectivity index is 1.99. The highest BCUT2D eigenvalue weighted by Gasteiger charge is 2.25. The van der Waals surface area contributed by atoms with Gasteiger partial charge in [-0.15, -0.1) is 0 Å². The fraction of sp³-hybridized carbons (Fsp3) is 0.643. The molecule has 2 rings (SSSR count). The zero-order chi connectivity index (χ0) is 13.0. The Morgan fingerprint density at radius 3 is 2.78 bits per heavy atom. The molecule has 1 aliphatic rings. The third-order valence-corrected chi connectivity index (χ3v) is 3.72. The number of ether oxygens (including phenoxy) is 2. The van der Waals surface area contributed by atoms with Crippen LogP contribution in [0.4, 0.5) is 0 Å². The summed E-state index contributed by atoms with van der Waals surface area (Å²) < 4.78 is 11.2. The summed E-state index contributed by atoms with van der Waals surface area (Å²) in [6, 6.07) is 1.49. The number of aromatic amines is 1. The van der Waals surface area contributed by atoms with Crippen LogP contribution in [-0.4, -0.2) is 24.8 Å². The third-order valence-electron chi connectivity index (χ3n) is 3.72. The summed E-state index contributed by atoms with van der Waals surface area (Å²) in [5, 5.41) is 0. The lowest BCUT2D eigenvalue weighted by Crippen LogP contribution is -2.29. The van der Waals surface area contributed by atoms with Gasteiger partial charge < -0.3 is 14.5 Å². The number of aryl methyl sites for hydroxylation is 1. The maximum absolute atomic E-state index is 11.7. The van der Waals surface area contributed by atoms with Crippen molar-refractivity contribution in [1.29, 1.82) is 0 Å². The number of aromatic nitrogens is 1. The first-order valence-corrected chi connectivity index (χ1v) is 6.56. The van der Waals surface area contributed by atoms with Crippen molar-refractivity contribution in [2.24, 2.45) is 5.92 Å². The lowest BCUT2D eigenvalue weighted by Gasteiger charge is -2.22. The van der Waals surface area contributed by atoms with Crippen LogP contribution >= 0.6 is 0 Å². The molecule has 1 unspecified atom stereocenters. The largest absolute Gasteiger partial charge is 0.485 e. The highest BCUT2D eigenvalue weighted by Crippen LogP contribution is 2.29. The second kappa shape index (κ2) is 6.05. The van der Waals surface area contributed by atoms with Crippen LogP contribution in [0.25, 0.3) is 0 Å². The zero-order valence-electron chi connectivity index (χ0n) is 11.1. The molecular weight excluding hydrogens is 230 g/mol. The minimum atomic E-state index is -0.0764. The summed E-state index contributed by atoms with van der Waals surface area (Å²) in [4.78, 5) is 14.7. The number of nitrogens with one attached hydrogen (secondary N) is 1. The molecule has 1 N–H and O–H groups in total. The average molecular weight is 251 g/mol. The predicted molar refractivity (Wildman–Crippen MR) is 70.0 cm³/mol. The summed E-state index contributed by atoms with van der Waals surface area (Å²) in [6.45, 7) is 2.29. The van der Waals surface area contributed by atoms with Gasteiger partial charge in [-0.05, 0) is 25.7 Å². The molecule has 0 saturated heterocycles. The Morgan fingerprint density at radius 2 is 2.17 bits per heavy atom. The third kappa shape index (κ3) is 2.93. The zero-order valence-corrected chi connectivity index (χ0v) is 11.1. The summed E-state index contributed by atoms with van der Waals surface area (Å²) in [7, 11) is 1.72. The van der Waals surface area contributed by atoms with Gasteiger partial charge in [0.1, 0.15) is 6.61 Å². The summed E-state index contributed by atoms with van der Waals surface area (Å²) in [5.74, 6) is 0.982. The van der Waals surface area contributed by atoms with Gasteiger partial charge in [0, 0.05) is 19.4 Å². The van der Waals surface area contributed by atoms with Crippen LogP contribution in [0.15, 0.2) is 17.1 Å². The van der Waals surface area contributed by atoms with Gasteiger partial charge in [-0.1, -0.05) is 12.8 Å². The van der Waals surface area contributed by atoms with Gasteiger partial charge >= 0.3 is 0 Å². The molecule has 1 aromatic heterocycles. The monoisotopic (exact) mass is 251 g/mol. The Bertz CT molecular complexity index is 435. The van der Waals surface area contributed by atoms with Crippen LogP contribution in [0.3, 0.4) is 0 Å². The lowest BCUT2D eigenvalue weighted by atomic mass is 10.0.